The van der Waals surface area contributed by atoms with E-state index in [-0.39, 0.29) is 44.1 Å². The van der Waals surface area contributed by atoms with E-state index in [9.17, 15) is 14.7 Å². The molecule has 9 rings (SSSR count). The van der Waals surface area contributed by atoms with Crippen LogP contribution >= 0.6 is 0 Å². The summed E-state index contributed by atoms with van der Waals surface area (Å²) < 4.78 is 17.7. The van der Waals surface area contributed by atoms with E-state index in [1.807, 2.05) is 70.5 Å². The molecule has 0 saturated carbocycles. The average molecular weight is 990 g/mol. The third-order valence-corrected chi connectivity index (χ3v) is 13.9. The number of hydrogen-bond donors (Lipinski definition) is 4. The number of fused-ring (bicyclic) bond motifs is 3. The smallest absolute Gasteiger partial charge is 0.329 e. The number of primary amides is 1. The SMILES string of the molecule is COC(=O)[C@@H](NC(=O)N1C(=O)[C@@]2(c3cc(C#CCNC(N)=O)ccc31)[C@H](C(=O)N1CCN(c3ncccn3)CC1)[C@H]1C(=O)O[C@H](c3ccccc3)[C@H](c3ccccc3)N1[C@@H]2c1cccc(OCCO)c1)C(C)C. The highest BCUT2D eigenvalue weighted by molar-refractivity contribution is 6.25. The molecule has 1 aromatic heterocycles. The number of carbonyl (C=O) groups excluding carboxylic acids is 6. The predicted octanol–water partition coefficient (Wildman–Crippen LogP) is 3.79. The third kappa shape index (κ3) is 9.26. The zero-order valence-corrected chi connectivity index (χ0v) is 40.4. The van der Waals surface area contributed by atoms with Gasteiger partial charge in [-0.05, 0) is 64.6 Å². The van der Waals surface area contributed by atoms with Crippen molar-refractivity contribution in [2.75, 3.05) is 62.8 Å². The van der Waals surface area contributed by atoms with Crippen LogP contribution in [0.1, 0.15) is 59.9 Å². The van der Waals surface area contributed by atoms with Gasteiger partial charge in [-0.3, -0.25) is 19.3 Å². The topological polar surface area (TPSA) is 239 Å². The average Bonchev–Trinajstić information content (AvgIpc) is 3.87. The van der Waals surface area contributed by atoms with Crippen molar-refractivity contribution in [3.8, 4) is 17.6 Å². The molecule has 4 aromatic carbocycles. The van der Waals surface area contributed by atoms with E-state index in [4.69, 9.17) is 19.9 Å². The van der Waals surface area contributed by atoms with Gasteiger partial charge in [0.1, 0.15) is 36.0 Å². The van der Waals surface area contributed by atoms with Crippen LogP contribution in [0.25, 0.3) is 0 Å². The number of amides is 6. The number of aromatic nitrogens is 2. The van der Waals surface area contributed by atoms with Crippen molar-refractivity contribution in [3.63, 3.8) is 0 Å². The van der Waals surface area contributed by atoms with Crippen molar-refractivity contribution in [2.24, 2.45) is 17.6 Å². The molecule has 4 aliphatic rings. The highest BCUT2D eigenvalue weighted by atomic mass is 16.6. The fraction of sp³-hybridized carbons (Fsp3) is 0.333. The van der Waals surface area contributed by atoms with Crippen LogP contribution in [-0.4, -0.2) is 126 Å². The fourth-order valence-corrected chi connectivity index (χ4v) is 10.8. The number of benzene rings is 4. The molecule has 6 amide bonds. The zero-order valence-electron chi connectivity index (χ0n) is 40.4. The number of nitrogens with two attached hydrogens (primary N) is 1. The van der Waals surface area contributed by atoms with Crippen LogP contribution in [0.4, 0.5) is 21.2 Å². The van der Waals surface area contributed by atoms with Crippen molar-refractivity contribution in [1.29, 1.82) is 0 Å². The van der Waals surface area contributed by atoms with Crippen LogP contribution < -0.4 is 30.9 Å². The lowest BCUT2D eigenvalue weighted by molar-refractivity contribution is -0.179. The van der Waals surface area contributed by atoms with Crippen LogP contribution in [-0.2, 0) is 34.1 Å². The number of methoxy groups -OCH3 is 1. The number of carbonyl (C=O) groups is 6. The maximum atomic E-state index is 16.8. The Morgan fingerprint density at radius 1 is 0.863 bits per heavy atom. The van der Waals surface area contributed by atoms with E-state index in [2.05, 4.69) is 32.4 Å². The summed E-state index contributed by atoms with van der Waals surface area (Å²) in [7, 11) is 1.20. The number of imide groups is 1. The van der Waals surface area contributed by atoms with E-state index >= 15 is 19.2 Å². The van der Waals surface area contributed by atoms with E-state index in [1.165, 1.54) is 7.11 Å². The van der Waals surface area contributed by atoms with Gasteiger partial charge in [0.05, 0.1) is 44.0 Å². The molecule has 3 fully saturated rings. The summed E-state index contributed by atoms with van der Waals surface area (Å²) in [5.41, 5.74) is 5.56. The molecule has 19 nitrogen and oxygen atoms in total. The van der Waals surface area contributed by atoms with Crippen molar-refractivity contribution in [3.05, 3.63) is 149 Å². The number of piperazine rings is 1. The summed E-state index contributed by atoms with van der Waals surface area (Å²) in [6.07, 6.45) is 2.28. The van der Waals surface area contributed by atoms with Crippen LogP contribution in [0.3, 0.4) is 0 Å². The number of anilines is 2. The van der Waals surface area contributed by atoms with Gasteiger partial charge in [-0.15, -0.1) is 0 Å². The minimum absolute atomic E-state index is 0.0681. The summed E-state index contributed by atoms with van der Waals surface area (Å²) in [5, 5.41) is 15.1. The van der Waals surface area contributed by atoms with Crippen LogP contribution in [0.5, 0.6) is 5.75 Å². The quantitative estimate of drug-likeness (QED) is 0.103. The molecule has 0 aliphatic carbocycles. The van der Waals surface area contributed by atoms with Gasteiger partial charge in [0.25, 0.3) is 0 Å². The molecule has 19 heteroatoms. The van der Waals surface area contributed by atoms with Gasteiger partial charge < -0.3 is 45.5 Å². The lowest BCUT2D eigenvalue weighted by Crippen LogP contribution is -2.60. The molecule has 7 atom stereocenters. The predicted molar refractivity (Wildman–Crippen MR) is 265 cm³/mol. The van der Waals surface area contributed by atoms with Gasteiger partial charge >= 0.3 is 24.0 Å². The third-order valence-electron chi connectivity index (χ3n) is 13.9. The molecule has 0 bridgehead atoms. The number of esters is 2. The molecular formula is C54H55N9O10. The second kappa shape index (κ2) is 21.2. The second-order valence-electron chi connectivity index (χ2n) is 18.4. The Labute approximate surface area is 421 Å². The second-order valence-corrected chi connectivity index (χ2v) is 18.4. The summed E-state index contributed by atoms with van der Waals surface area (Å²) in [6.45, 7) is 3.86. The van der Waals surface area contributed by atoms with E-state index < -0.39 is 83.3 Å². The van der Waals surface area contributed by atoms with Gasteiger partial charge in [-0.25, -0.2) is 29.3 Å². The number of nitrogens with one attached hydrogen (secondary N) is 2. The Bertz CT molecular complexity index is 2950. The lowest BCUT2D eigenvalue weighted by Gasteiger charge is -2.46. The first-order valence-corrected chi connectivity index (χ1v) is 24.0. The van der Waals surface area contributed by atoms with Gasteiger partial charge in [-0.2, -0.15) is 0 Å². The highest BCUT2D eigenvalue weighted by Crippen LogP contribution is 2.66. The van der Waals surface area contributed by atoms with E-state index in [0.29, 0.717) is 47.0 Å². The van der Waals surface area contributed by atoms with Crippen molar-refractivity contribution in [2.45, 2.75) is 49.5 Å². The number of aliphatic hydroxyl groups excluding tert-OH is 1. The molecule has 3 saturated heterocycles. The molecule has 5 heterocycles. The minimum atomic E-state index is -2.16. The Hall–Kier alpha value is -8.34. The van der Waals surface area contributed by atoms with Gasteiger partial charge in [0.2, 0.25) is 17.8 Å². The lowest BCUT2D eigenvalue weighted by atomic mass is 9.64. The van der Waals surface area contributed by atoms with E-state index in [0.717, 1.165) is 4.90 Å². The molecule has 5 aromatic rings. The Kier molecular flexibility index (Phi) is 14.4. The van der Waals surface area contributed by atoms with Crippen LogP contribution in [0, 0.1) is 23.7 Å². The number of aliphatic hydroxyl groups is 1. The highest BCUT2D eigenvalue weighted by Gasteiger charge is 2.76. The van der Waals surface area contributed by atoms with Gasteiger partial charge in [0.15, 0.2) is 0 Å². The van der Waals surface area contributed by atoms with Crippen molar-refractivity contribution >= 4 is 47.5 Å². The number of morpholine rings is 1. The molecule has 5 N–H and O–H groups in total. The Morgan fingerprint density at radius 3 is 2.21 bits per heavy atom. The molecule has 376 valence electrons. The number of hydrogen-bond acceptors (Lipinski definition) is 14. The molecule has 1 spiro atoms. The number of rotatable bonds is 12. The maximum absolute atomic E-state index is 16.8. The van der Waals surface area contributed by atoms with E-state index in [1.54, 1.807) is 79.7 Å². The van der Waals surface area contributed by atoms with Crippen molar-refractivity contribution in [1.82, 2.24) is 30.4 Å². The molecule has 73 heavy (non-hydrogen) atoms. The standard InChI is InChI=1S/C54H55N9O10/c1-33(2)42(48(66)71-3)59-53(70)62-40-21-20-34(13-11-22-56-51(55)69)31-39(40)54(50(62)68)41(47(65)60-25-27-61(28-26-60)52-57-23-12-24-58-52)44-49(67)73-45(36-16-8-5-9-17-36)43(35-14-6-4-7-15-35)63(44)46(54)37-18-10-19-38(32-37)72-30-29-64/h4-10,12,14-21,23-24,31-33,41-46,64H,22,25-30H2,1-3H3,(H,59,70)(H3,55,56,69)/t41-,42-,43-,44-,45+,46+,54-/m0/s1. The first kappa shape index (κ1) is 49.6. The monoisotopic (exact) mass is 989 g/mol. The Morgan fingerprint density at radius 2 is 1.55 bits per heavy atom. The van der Waals surface area contributed by atoms with Gasteiger partial charge in [0, 0.05) is 44.1 Å². The number of cyclic esters (lactones) is 1. The first-order chi connectivity index (χ1) is 35.4. The summed E-state index contributed by atoms with van der Waals surface area (Å²) in [5.74, 6) is 1.69. The normalized spacial score (nSPS) is 22.6. The van der Waals surface area contributed by atoms with Crippen LogP contribution in [0.15, 0.2) is 122 Å². The van der Waals surface area contributed by atoms with Crippen molar-refractivity contribution < 1.29 is 48.1 Å². The maximum Gasteiger partial charge on any atom is 0.329 e. The van der Waals surface area contributed by atoms with Crippen LogP contribution in [0.2, 0.25) is 0 Å². The first-order valence-electron chi connectivity index (χ1n) is 24.0. The van der Waals surface area contributed by atoms with Gasteiger partial charge in [-0.1, -0.05) is 98.5 Å². The number of ether oxygens (including phenoxy) is 3. The molecule has 0 radical (unpaired) electrons. The number of nitrogens with zero attached hydrogens (tertiary/aromatic N) is 6. The molecule has 0 unspecified atom stereocenters. The minimum Gasteiger partial charge on any atom is -0.491 e. The molecule has 4 aliphatic heterocycles. The summed E-state index contributed by atoms with van der Waals surface area (Å²) in [4.78, 5) is 104. The zero-order chi connectivity index (χ0) is 51.4. The fourth-order valence-electron chi connectivity index (χ4n) is 10.8. The Balaban J connectivity index is 1.33. The summed E-state index contributed by atoms with van der Waals surface area (Å²) >= 11 is 0. The summed E-state index contributed by atoms with van der Waals surface area (Å²) in [6, 6.07) is 25.4. The molecular weight excluding hydrogens is 935 g/mol. The number of urea groups is 2. The largest absolute Gasteiger partial charge is 0.491 e.